The lowest BCUT2D eigenvalue weighted by atomic mass is 10.1. The standard InChI is InChI=1S/C16H15FO3/c1-19-14-5-2-12(3-6-14)8-9-20-16-7-4-13(11-18)10-15(16)17/h2-7,10-11H,8-9H2,1H3. The molecule has 0 radical (unpaired) electrons. The van der Waals surface area contributed by atoms with Crippen molar-refractivity contribution >= 4 is 6.29 Å². The molecule has 104 valence electrons. The largest absolute Gasteiger partial charge is 0.497 e. The molecule has 0 amide bonds. The Morgan fingerprint density at radius 3 is 2.50 bits per heavy atom. The van der Waals surface area contributed by atoms with Crippen LogP contribution in [0.25, 0.3) is 0 Å². The third-order valence-corrected chi connectivity index (χ3v) is 2.90. The SMILES string of the molecule is COc1ccc(CCOc2ccc(C=O)cc2F)cc1. The highest BCUT2D eigenvalue weighted by Crippen LogP contribution is 2.18. The molecule has 0 aliphatic heterocycles. The van der Waals surface area contributed by atoms with Crippen molar-refractivity contribution in [2.24, 2.45) is 0 Å². The van der Waals surface area contributed by atoms with Crippen molar-refractivity contribution in [3.05, 3.63) is 59.4 Å². The Morgan fingerprint density at radius 2 is 1.90 bits per heavy atom. The number of aldehydes is 1. The second-order valence-corrected chi connectivity index (χ2v) is 4.25. The van der Waals surface area contributed by atoms with E-state index in [-0.39, 0.29) is 5.75 Å². The van der Waals surface area contributed by atoms with Gasteiger partial charge in [-0.1, -0.05) is 12.1 Å². The molecule has 3 nitrogen and oxygen atoms in total. The zero-order valence-electron chi connectivity index (χ0n) is 11.1. The van der Waals surface area contributed by atoms with E-state index in [9.17, 15) is 9.18 Å². The van der Waals surface area contributed by atoms with Crippen LogP contribution in [0.4, 0.5) is 4.39 Å². The van der Waals surface area contributed by atoms with Gasteiger partial charge in [-0.25, -0.2) is 4.39 Å². The van der Waals surface area contributed by atoms with E-state index >= 15 is 0 Å². The van der Waals surface area contributed by atoms with Gasteiger partial charge in [0.15, 0.2) is 11.6 Å². The molecule has 2 aromatic carbocycles. The topological polar surface area (TPSA) is 35.5 Å². The lowest BCUT2D eigenvalue weighted by Gasteiger charge is -2.08. The average Bonchev–Trinajstić information content (AvgIpc) is 2.49. The number of hydrogen-bond acceptors (Lipinski definition) is 3. The molecule has 0 aliphatic carbocycles. The molecule has 0 spiro atoms. The molecule has 0 bridgehead atoms. The van der Waals surface area contributed by atoms with Crippen LogP contribution in [0.5, 0.6) is 11.5 Å². The minimum absolute atomic E-state index is 0.157. The molecule has 4 heteroatoms. The highest BCUT2D eigenvalue weighted by Gasteiger charge is 2.04. The number of methoxy groups -OCH3 is 1. The summed E-state index contributed by atoms with van der Waals surface area (Å²) < 4.78 is 24.0. The monoisotopic (exact) mass is 274 g/mol. The molecular formula is C16H15FO3. The maximum absolute atomic E-state index is 13.6. The van der Waals surface area contributed by atoms with Gasteiger partial charge in [0.25, 0.3) is 0 Å². The third-order valence-electron chi connectivity index (χ3n) is 2.90. The third kappa shape index (κ3) is 3.57. The first kappa shape index (κ1) is 14.1. The molecule has 0 unspecified atom stereocenters. The first-order valence-electron chi connectivity index (χ1n) is 6.23. The maximum atomic E-state index is 13.6. The highest BCUT2D eigenvalue weighted by molar-refractivity contribution is 5.74. The van der Waals surface area contributed by atoms with Gasteiger partial charge in [-0.05, 0) is 35.9 Å². The van der Waals surface area contributed by atoms with E-state index in [2.05, 4.69) is 0 Å². The van der Waals surface area contributed by atoms with E-state index in [0.29, 0.717) is 24.9 Å². The number of hydrogen-bond donors (Lipinski definition) is 0. The van der Waals surface area contributed by atoms with Gasteiger partial charge in [-0.2, -0.15) is 0 Å². The minimum Gasteiger partial charge on any atom is -0.497 e. The fourth-order valence-corrected chi connectivity index (χ4v) is 1.78. The van der Waals surface area contributed by atoms with Crippen LogP contribution >= 0.6 is 0 Å². The van der Waals surface area contributed by atoms with Gasteiger partial charge in [-0.15, -0.1) is 0 Å². The molecule has 0 fully saturated rings. The predicted octanol–water partition coefficient (Wildman–Crippen LogP) is 3.27. The van der Waals surface area contributed by atoms with Gasteiger partial charge in [0.05, 0.1) is 13.7 Å². The van der Waals surface area contributed by atoms with Crippen LogP contribution < -0.4 is 9.47 Å². The molecule has 0 N–H and O–H groups in total. The van der Waals surface area contributed by atoms with Gasteiger partial charge < -0.3 is 9.47 Å². The van der Waals surface area contributed by atoms with Crippen molar-refractivity contribution in [3.63, 3.8) is 0 Å². The summed E-state index contributed by atoms with van der Waals surface area (Å²) in [6, 6.07) is 11.8. The van der Waals surface area contributed by atoms with E-state index in [1.54, 1.807) is 7.11 Å². The molecule has 0 saturated heterocycles. The smallest absolute Gasteiger partial charge is 0.165 e. The summed E-state index contributed by atoms with van der Waals surface area (Å²) in [5.74, 6) is 0.429. The van der Waals surface area contributed by atoms with Crippen LogP contribution in [0, 0.1) is 5.82 Å². The summed E-state index contributed by atoms with van der Waals surface area (Å²) in [7, 11) is 1.61. The fourth-order valence-electron chi connectivity index (χ4n) is 1.78. The van der Waals surface area contributed by atoms with Crippen molar-refractivity contribution in [1.29, 1.82) is 0 Å². The van der Waals surface area contributed by atoms with Gasteiger partial charge in [0.2, 0.25) is 0 Å². The summed E-state index contributed by atoms with van der Waals surface area (Å²) in [5, 5.41) is 0. The quantitative estimate of drug-likeness (QED) is 0.758. The van der Waals surface area contributed by atoms with Gasteiger partial charge in [0, 0.05) is 12.0 Å². The van der Waals surface area contributed by atoms with Gasteiger partial charge >= 0.3 is 0 Å². The summed E-state index contributed by atoms with van der Waals surface area (Å²) >= 11 is 0. The molecule has 2 rings (SSSR count). The minimum atomic E-state index is -0.524. The predicted molar refractivity (Wildman–Crippen MR) is 74.0 cm³/mol. The van der Waals surface area contributed by atoms with E-state index in [1.165, 1.54) is 12.1 Å². The molecule has 20 heavy (non-hydrogen) atoms. The van der Waals surface area contributed by atoms with Crippen molar-refractivity contribution < 1.29 is 18.7 Å². The van der Waals surface area contributed by atoms with E-state index in [1.807, 2.05) is 24.3 Å². The van der Waals surface area contributed by atoms with Crippen LogP contribution in [-0.2, 0) is 6.42 Å². The Kier molecular flexibility index (Phi) is 4.71. The molecule has 0 aromatic heterocycles. The van der Waals surface area contributed by atoms with Crippen molar-refractivity contribution in [1.82, 2.24) is 0 Å². The molecule has 0 saturated carbocycles. The Morgan fingerprint density at radius 1 is 1.15 bits per heavy atom. The average molecular weight is 274 g/mol. The lowest BCUT2D eigenvalue weighted by Crippen LogP contribution is -2.03. The summed E-state index contributed by atoms with van der Waals surface area (Å²) in [6.07, 6.45) is 1.27. The molecule has 0 heterocycles. The normalized spacial score (nSPS) is 10.1. The maximum Gasteiger partial charge on any atom is 0.165 e. The van der Waals surface area contributed by atoms with Crippen LogP contribution in [0.3, 0.4) is 0 Å². The molecule has 0 atom stereocenters. The second kappa shape index (κ2) is 6.70. The Bertz CT molecular complexity index is 579. The molecule has 0 aliphatic rings. The lowest BCUT2D eigenvalue weighted by molar-refractivity contribution is 0.112. The van der Waals surface area contributed by atoms with E-state index in [4.69, 9.17) is 9.47 Å². The van der Waals surface area contributed by atoms with Crippen molar-refractivity contribution in [2.45, 2.75) is 6.42 Å². The Hall–Kier alpha value is -2.36. The first-order valence-corrected chi connectivity index (χ1v) is 6.23. The Labute approximate surface area is 117 Å². The van der Waals surface area contributed by atoms with E-state index < -0.39 is 5.82 Å². The van der Waals surface area contributed by atoms with Gasteiger partial charge in [0.1, 0.15) is 12.0 Å². The summed E-state index contributed by atoms with van der Waals surface area (Å²) in [5.41, 5.74) is 1.38. The Balaban J connectivity index is 1.90. The number of ether oxygens (including phenoxy) is 2. The van der Waals surface area contributed by atoms with Crippen LogP contribution in [0.1, 0.15) is 15.9 Å². The zero-order valence-corrected chi connectivity index (χ0v) is 11.1. The van der Waals surface area contributed by atoms with Crippen LogP contribution in [0.15, 0.2) is 42.5 Å². The van der Waals surface area contributed by atoms with Crippen molar-refractivity contribution in [3.8, 4) is 11.5 Å². The zero-order chi connectivity index (χ0) is 14.4. The number of benzene rings is 2. The van der Waals surface area contributed by atoms with Crippen LogP contribution in [-0.4, -0.2) is 20.0 Å². The van der Waals surface area contributed by atoms with E-state index in [0.717, 1.165) is 17.4 Å². The number of rotatable bonds is 6. The number of carbonyl (C=O) groups is 1. The van der Waals surface area contributed by atoms with Crippen LogP contribution in [0.2, 0.25) is 0 Å². The first-order chi connectivity index (χ1) is 9.72. The highest BCUT2D eigenvalue weighted by atomic mass is 19.1. The molecular weight excluding hydrogens is 259 g/mol. The molecule has 2 aromatic rings. The van der Waals surface area contributed by atoms with Crippen molar-refractivity contribution in [2.75, 3.05) is 13.7 Å². The fraction of sp³-hybridized carbons (Fsp3) is 0.188. The second-order valence-electron chi connectivity index (χ2n) is 4.25. The number of halogens is 1. The summed E-state index contributed by atoms with van der Waals surface area (Å²) in [4.78, 5) is 10.5. The van der Waals surface area contributed by atoms with Gasteiger partial charge in [-0.3, -0.25) is 4.79 Å². The number of carbonyl (C=O) groups excluding carboxylic acids is 1. The summed E-state index contributed by atoms with van der Waals surface area (Å²) in [6.45, 7) is 0.365.